The second-order valence-corrected chi connectivity index (χ2v) is 10.3. The molecule has 32 heavy (non-hydrogen) atoms. The third-order valence-electron chi connectivity index (χ3n) is 5.60. The van der Waals surface area contributed by atoms with E-state index in [2.05, 4.69) is 4.72 Å². The Balaban J connectivity index is 1.95. The monoisotopic (exact) mass is 468 g/mol. The average molecular weight is 469 g/mol. The number of rotatable bonds is 6. The minimum absolute atomic E-state index is 0.0774. The molecule has 1 amide bonds. The van der Waals surface area contributed by atoms with Crippen LogP contribution >= 0.6 is 0 Å². The molecular weight excluding hydrogens is 441 g/mol. The number of likely N-dealkylation sites (tertiary alicyclic amines) is 1. The van der Waals surface area contributed by atoms with Crippen LogP contribution in [0.15, 0.2) is 48.5 Å². The van der Waals surface area contributed by atoms with Crippen LogP contribution in [0.2, 0.25) is 0 Å². The highest BCUT2D eigenvalue weighted by Crippen LogP contribution is 2.37. The summed E-state index contributed by atoms with van der Waals surface area (Å²) in [7, 11) is -3.49. The lowest BCUT2D eigenvalue weighted by Gasteiger charge is -2.30. The van der Waals surface area contributed by atoms with E-state index in [1.807, 2.05) is 0 Å². The van der Waals surface area contributed by atoms with Crippen LogP contribution < -0.4 is 4.72 Å². The molecule has 5 nitrogen and oxygen atoms in total. The Hall–Kier alpha value is -2.39. The van der Waals surface area contributed by atoms with Gasteiger partial charge >= 0.3 is 6.18 Å². The summed E-state index contributed by atoms with van der Waals surface area (Å²) in [4.78, 5) is 14.4. The van der Waals surface area contributed by atoms with Gasteiger partial charge in [0.2, 0.25) is 15.9 Å². The molecule has 1 aliphatic rings. The Kier molecular flexibility index (Phi) is 7.00. The van der Waals surface area contributed by atoms with Crippen molar-refractivity contribution in [3.63, 3.8) is 0 Å². The first-order chi connectivity index (χ1) is 14.9. The van der Waals surface area contributed by atoms with Gasteiger partial charge in [-0.1, -0.05) is 56.3 Å². The maximum atomic E-state index is 13.5. The summed E-state index contributed by atoms with van der Waals surface area (Å²) in [6.07, 6.45) is -2.60. The van der Waals surface area contributed by atoms with E-state index in [1.165, 1.54) is 12.1 Å². The summed E-state index contributed by atoms with van der Waals surface area (Å²) in [5, 5.41) is 0. The van der Waals surface area contributed by atoms with E-state index >= 15 is 0 Å². The third-order valence-corrected chi connectivity index (χ3v) is 6.33. The molecule has 0 saturated carbocycles. The van der Waals surface area contributed by atoms with Crippen LogP contribution in [0.1, 0.15) is 31.4 Å². The molecule has 0 aromatic heterocycles. The molecule has 1 N–H and O–H groups in total. The molecule has 1 fully saturated rings. The number of amides is 1. The molecule has 3 rings (SSSR count). The molecule has 2 aromatic carbocycles. The fourth-order valence-electron chi connectivity index (χ4n) is 4.21. The summed E-state index contributed by atoms with van der Waals surface area (Å²) in [5.74, 6) is -0.328. The van der Waals surface area contributed by atoms with Crippen LogP contribution in [-0.2, 0) is 27.4 Å². The molecule has 0 bridgehead atoms. The third kappa shape index (κ3) is 5.69. The van der Waals surface area contributed by atoms with Crippen molar-refractivity contribution in [1.82, 2.24) is 9.62 Å². The minimum Gasteiger partial charge on any atom is -0.337 e. The lowest BCUT2D eigenvalue weighted by atomic mass is 9.94. The number of sulfonamides is 1. The molecule has 174 valence electrons. The van der Waals surface area contributed by atoms with Gasteiger partial charge in [0.25, 0.3) is 0 Å². The lowest BCUT2D eigenvalue weighted by Crippen LogP contribution is -2.48. The molecule has 2 atom stereocenters. The summed E-state index contributed by atoms with van der Waals surface area (Å²) in [6.45, 7) is 3.99. The van der Waals surface area contributed by atoms with Crippen molar-refractivity contribution in [3.8, 4) is 11.1 Å². The van der Waals surface area contributed by atoms with E-state index in [-0.39, 0.29) is 17.4 Å². The minimum atomic E-state index is -4.48. The number of halogens is 3. The number of carbonyl (C=O) groups is 1. The number of alkyl halides is 3. The largest absolute Gasteiger partial charge is 0.417 e. The molecule has 1 aliphatic heterocycles. The predicted molar refractivity (Wildman–Crippen MR) is 117 cm³/mol. The molecule has 0 radical (unpaired) electrons. The van der Waals surface area contributed by atoms with Crippen molar-refractivity contribution in [3.05, 3.63) is 59.7 Å². The first-order valence-corrected chi connectivity index (χ1v) is 12.3. The van der Waals surface area contributed by atoms with Gasteiger partial charge in [0.15, 0.2) is 0 Å². The quantitative estimate of drug-likeness (QED) is 0.695. The van der Waals surface area contributed by atoms with Gasteiger partial charge in [-0.3, -0.25) is 4.79 Å². The van der Waals surface area contributed by atoms with E-state index in [0.717, 1.165) is 17.9 Å². The van der Waals surface area contributed by atoms with E-state index in [0.29, 0.717) is 24.9 Å². The van der Waals surface area contributed by atoms with Crippen molar-refractivity contribution in [1.29, 1.82) is 0 Å². The van der Waals surface area contributed by atoms with Gasteiger partial charge in [0.05, 0.1) is 17.9 Å². The van der Waals surface area contributed by atoms with E-state index in [1.54, 1.807) is 49.1 Å². The highest BCUT2D eigenvalue weighted by atomic mass is 32.2. The second-order valence-electron chi connectivity index (χ2n) is 8.49. The van der Waals surface area contributed by atoms with Gasteiger partial charge in [-0.2, -0.15) is 13.2 Å². The van der Waals surface area contributed by atoms with Crippen LogP contribution in [0.4, 0.5) is 13.2 Å². The van der Waals surface area contributed by atoms with Crippen LogP contribution in [0, 0.1) is 5.92 Å². The number of nitrogens with one attached hydrogen (secondary N) is 1. The summed E-state index contributed by atoms with van der Waals surface area (Å²) in [6, 6.07) is 11.3. The summed E-state index contributed by atoms with van der Waals surface area (Å²) < 4.78 is 66.7. The SMILES string of the molecule is CC(C)C(=O)N1CC[C@H](NS(C)(=O)=O)[C@@H]1Cc1cccc(-c2ccccc2C(F)(F)F)c1. The van der Waals surface area contributed by atoms with Gasteiger partial charge in [-0.05, 0) is 35.6 Å². The molecule has 9 heteroatoms. The Morgan fingerprint density at radius 1 is 1.16 bits per heavy atom. The zero-order valence-electron chi connectivity index (χ0n) is 18.2. The first-order valence-electron chi connectivity index (χ1n) is 10.4. The fraction of sp³-hybridized carbons (Fsp3) is 0.435. The van der Waals surface area contributed by atoms with E-state index in [4.69, 9.17) is 0 Å². The van der Waals surface area contributed by atoms with Crippen LogP contribution in [0.25, 0.3) is 11.1 Å². The molecule has 1 heterocycles. The van der Waals surface area contributed by atoms with Crippen molar-refractivity contribution in [2.75, 3.05) is 12.8 Å². The van der Waals surface area contributed by atoms with Gasteiger partial charge in [0, 0.05) is 18.5 Å². The van der Waals surface area contributed by atoms with E-state index in [9.17, 15) is 26.4 Å². The fourth-order valence-corrected chi connectivity index (χ4v) is 5.04. The number of hydrogen-bond acceptors (Lipinski definition) is 3. The van der Waals surface area contributed by atoms with Crippen molar-refractivity contribution < 1.29 is 26.4 Å². The van der Waals surface area contributed by atoms with Crippen LogP contribution in [0.3, 0.4) is 0 Å². The maximum absolute atomic E-state index is 13.5. The zero-order chi connectivity index (χ0) is 23.7. The Bertz CT molecular complexity index is 1080. The van der Waals surface area contributed by atoms with Crippen molar-refractivity contribution >= 4 is 15.9 Å². The average Bonchev–Trinajstić information content (AvgIpc) is 3.07. The van der Waals surface area contributed by atoms with Crippen molar-refractivity contribution in [2.45, 2.75) is 44.9 Å². The normalized spacial score (nSPS) is 19.5. The topological polar surface area (TPSA) is 66.5 Å². The maximum Gasteiger partial charge on any atom is 0.417 e. The Morgan fingerprint density at radius 3 is 2.47 bits per heavy atom. The van der Waals surface area contributed by atoms with Gasteiger partial charge in [0.1, 0.15) is 0 Å². The second kappa shape index (κ2) is 9.23. The number of benzene rings is 2. The molecular formula is C23H27F3N2O3S. The van der Waals surface area contributed by atoms with Crippen LogP contribution in [-0.4, -0.2) is 44.1 Å². The first kappa shape index (κ1) is 24.3. The highest BCUT2D eigenvalue weighted by molar-refractivity contribution is 7.88. The predicted octanol–water partition coefficient (Wildman–Crippen LogP) is 4.09. The van der Waals surface area contributed by atoms with Crippen LogP contribution in [0.5, 0.6) is 0 Å². The number of nitrogens with zero attached hydrogens (tertiary/aromatic N) is 1. The molecule has 0 spiro atoms. The standard InChI is InChI=1S/C23H27F3N2O3S/c1-15(2)22(29)28-12-11-20(27-32(3,30)31)21(28)14-16-7-6-8-17(13-16)18-9-4-5-10-19(18)23(24,25)26/h4-10,13,15,20-21,27H,11-12,14H2,1-3H3/t20-,21-/m0/s1. The van der Waals surface area contributed by atoms with E-state index < -0.39 is 33.8 Å². The van der Waals surface area contributed by atoms with Gasteiger partial charge in [-0.15, -0.1) is 0 Å². The molecule has 2 aromatic rings. The molecule has 0 aliphatic carbocycles. The Labute approximate surface area is 186 Å². The lowest BCUT2D eigenvalue weighted by molar-refractivity contribution is -0.137. The zero-order valence-corrected chi connectivity index (χ0v) is 19.0. The smallest absolute Gasteiger partial charge is 0.337 e. The Morgan fingerprint density at radius 2 is 1.84 bits per heavy atom. The van der Waals surface area contributed by atoms with Crippen molar-refractivity contribution in [2.24, 2.45) is 5.92 Å². The highest BCUT2D eigenvalue weighted by Gasteiger charge is 2.39. The summed E-state index contributed by atoms with van der Waals surface area (Å²) in [5.41, 5.74) is 0.511. The summed E-state index contributed by atoms with van der Waals surface area (Å²) >= 11 is 0. The molecule has 1 saturated heterocycles. The van der Waals surface area contributed by atoms with Gasteiger partial charge < -0.3 is 4.90 Å². The molecule has 0 unspecified atom stereocenters. The van der Waals surface area contributed by atoms with Gasteiger partial charge in [-0.25, -0.2) is 13.1 Å². The number of hydrogen-bond donors (Lipinski definition) is 1. The number of carbonyl (C=O) groups excluding carboxylic acids is 1.